The SMILES string of the molecule is COCCCOc1cc(NS(=O)(=O)c2ccccn2)c2[nH]ccc2c1. The zero-order valence-electron chi connectivity index (χ0n) is 13.7. The molecule has 2 aromatic heterocycles. The van der Waals surface area contributed by atoms with E-state index in [1.807, 2.05) is 12.1 Å². The highest BCUT2D eigenvalue weighted by atomic mass is 32.2. The third kappa shape index (κ3) is 4.09. The molecular weight excluding hydrogens is 342 g/mol. The fourth-order valence-corrected chi connectivity index (χ4v) is 3.42. The summed E-state index contributed by atoms with van der Waals surface area (Å²) in [5.74, 6) is 0.585. The Morgan fingerprint density at radius 2 is 2.08 bits per heavy atom. The van der Waals surface area contributed by atoms with Crippen LogP contribution in [0.25, 0.3) is 10.9 Å². The Morgan fingerprint density at radius 3 is 2.84 bits per heavy atom. The van der Waals surface area contributed by atoms with Crippen molar-refractivity contribution in [2.45, 2.75) is 11.4 Å². The van der Waals surface area contributed by atoms with Crippen LogP contribution in [0.1, 0.15) is 6.42 Å². The third-order valence-electron chi connectivity index (χ3n) is 3.55. The number of methoxy groups -OCH3 is 1. The number of ether oxygens (including phenoxy) is 2. The maximum atomic E-state index is 12.5. The van der Waals surface area contributed by atoms with Crippen molar-refractivity contribution < 1.29 is 17.9 Å². The van der Waals surface area contributed by atoms with E-state index in [-0.39, 0.29) is 5.03 Å². The van der Waals surface area contributed by atoms with Crippen molar-refractivity contribution in [3.8, 4) is 5.75 Å². The number of pyridine rings is 1. The van der Waals surface area contributed by atoms with E-state index in [1.165, 1.54) is 12.3 Å². The summed E-state index contributed by atoms with van der Waals surface area (Å²) >= 11 is 0. The first-order chi connectivity index (χ1) is 12.1. The summed E-state index contributed by atoms with van der Waals surface area (Å²) in [5, 5.41) is 0.809. The quantitative estimate of drug-likeness (QED) is 0.602. The summed E-state index contributed by atoms with van der Waals surface area (Å²) in [6.45, 7) is 1.09. The number of aromatic amines is 1. The number of benzene rings is 1. The molecule has 0 bridgehead atoms. The highest BCUT2D eigenvalue weighted by Crippen LogP contribution is 2.30. The van der Waals surface area contributed by atoms with Crippen LogP contribution in [0.4, 0.5) is 5.69 Å². The van der Waals surface area contributed by atoms with Crippen molar-refractivity contribution >= 4 is 26.6 Å². The van der Waals surface area contributed by atoms with Crippen LogP contribution in [0.3, 0.4) is 0 Å². The van der Waals surface area contributed by atoms with Crippen LogP contribution in [0.2, 0.25) is 0 Å². The Bertz CT molecular complexity index is 939. The lowest BCUT2D eigenvalue weighted by Crippen LogP contribution is -2.14. The maximum absolute atomic E-state index is 12.5. The number of hydrogen-bond acceptors (Lipinski definition) is 5. The summed E-state index contributed by atoms with van der Waals surface area (Å²) in [6.07, 6.45) is 3.93. The standard InChI is InChI=1S/C17H19N3O4S/c1-23-9-4-10-24-14-11-13-6-8-19-17(13)15(12-14)20-25(21,22)16-5-2-3-7-18-16/h2-3,5-8,11-12,19-20H,4,9-10H2,1H3. The molecule has 0 saturated heterocycles. The Kier molecular flexibility index (Phi) is 5.20. The average Bonchev–Trinajstić information content (AvgIpc) is 3.08. The number of nitrogens with one attached hydrogen (secondary N) is 2. The van der Waals surface area contributed by atoms with Gasteiger partial charge in [0.25, 0.3) is 10.0 Å². The molecule has 0 aliphatic rings. The molecule has 25 heavy (non-hydrogen) atoms. The molecule has 7 nitrogen and oxygen atoms in total. The second-order valence-corrected chi connectivity index (χ2v) is 7.01. The van der Waals surface area contributed by atoms with Gasteiger partial charge in [-0.15, -0.1) is 0 Å². The topological polar surface area (TPSA) is 93.3 Å². The first-order valence-electron chi connectivity index (χ1n) is 7.77. The first-order valence-corrected chi connectivity index (χ1v) is 9.25. The minimum absolute atomic E-state index is 0.0406. The lowest BCUT2D eigenvalue weighted by atomic mass is 10.2. The van der Waals surface area contributed by atoms with Crippen molar-refractivity contribution in [1.29, 1.82) is 0 Å². The molecule has 132 valence electrons. The third-order valence-corrected chi connectivity index (χ3v) is 4.83. The molecule has 0 amide bonds. The van der Waals surface area contributed by atoms with E-state index in [2.05, 4.69) is 14.7 Å². The molecule has 3 rings (SSSR count). The van der Waals surface area contributed by atoms with Crippen LogP contribution < -0.4 is 9.46 Å². The Hall–Kier alpha value is -2.58. The van der Waals surface area contributed by atoms with Crippen molar-refractivity contribution in [3.05, 3.63) is 48.8 Å². The van der Waals surface area contributed by atoms with Crippen LogP contribution in [-0.2, 0) is 14.8 Å². The van der Waals surface area contributed by atoms with Crippen molar-refractivity contribution in [1.82, 2.24) is 9.97 Å². The number of rotatable bonds is 8. The second kappa shape index (κ2) is 7.54. The number of aromatic nitrogens is 2. The molecule has 2 N–H and O–H groups in total. The minimum Gasteiger partial charge on any atom is -0.493 e. The smallest absolute Gasteiger partial charge is 0.279 e. The number of anilines is 1. The average molecular weight is 361 g/mol. The molecule has 0 spiro atoms. The molecule has 8 heteroatoms. The van der Waals surface area contributed by atoms with E-state index in [4.69, 9.17) is 9.47 Å². The van der Waals surface area contributed by atoms with Crippen molar-refractivity contribution in [2.24, 2.45) is 0 Å². The minimum atomic E-state index is -3.79. The van der Waals surface area contributed by atoms with Gasteiger partial charge < -0.3 is 14.5 Å². The van der Waals surface area contributed by atoms with Crippen LogP contribution in [0.15, 0.2) is 53.8 Å². The molecule has 0 unspecified atom stereocenters. The van der Waals surface area contributed by atoms with Gasteiger partial charge in [0, 0.05) is 44.0 Å². The molecule has 0 radical (unpaired) electrons. The molecule has 2 heterocycles. The lowest BCUT2D eigenvalue weighted by Gasteiger charge is -2.12. The van der Waals surface area contributed by atoms with Gasteiger partial charge in [-0.25, -0.2) is 4.98 Å². The Balaban J connectivity index is 1.88. The van der Waals surface area contributed by atoms with E-state index >= 15 is 0 Å². The number of hydrogen-bond donors (Lipinski definition) is 2. The van der Waals surface area contributed by atoms with Gasteiger partial charge in [-0.2, -0.15) is 8.42 Å². The van der Waals surface area contributed by atoms with Gasteiger partial charge in [-0.1, -0.05) is 6.07 Å². The molecule has 0 fully saturated rings. The molecule has 0 aliphatic heterocycles. The monoisotopic (exact) mass is 361 g/mol. The molecule has 0 saturated carbocycles. The van der Waals surface area contributed by atoms with Gasteiger partial charge in [0.1, 0.15) is 5.75 Å². The molecule has 0 atom stereocenters. The predicted molar refractivity (Wildman–Crippen MR) is 95.3 cm³/mol. The maximum Gasteiger partial charge on any atom is 0.279 e. The van der Waals surface area contributed by atoms with Gasteiger partial charge >= 0.3 is 0 Å². The van der Waals surface area contributed by atoms with Crippen LogP contribution in [-0.4, -0.2) is 38.7 Å². The highest BCUT2D eigenvalue weighted by molar-refractivity contribution is 7.92. The normalized spacial score (nSPS) is 11.6. The Labute approximate surface area is 146 Å². The highest BCUT2D eigenvalue weighted by Gasteiger charge is 2.18. The van der Waals surface area contributed by atoms with Gasteiger partial charge in [0.15, 0.2) is 5.03 Å². The van der Waals surface area contributed by atoms with Gasteiger partial charge in [-0.05, 0) is 24.3 Å². The number of sulfonamides is 1. The van der Waals surface area contributed by atoms with E-state index < -0.39 is 10.0 Å². The van der Waals surface area contributed by atoms with Gasteiger partial charge in [0.05, 0.1) is 17.8 Å². The van der Waals surface area contributed by atoms with Crippen molar-refractivity contribution in [2.75, 3.05) is 25.0 Å². The summed E-state index contributed by atoms with van der Waals surface area (Å²) in [6, 6.07) is 10.1. The van der Waals surface area contributed by atoms with Gasteiger partial charge in [-0.3, -0.25) is 4.72 Å². The predicted octanol–water partition coefficient (Wildman–Crippen LogP) is 2.78. The van der Waals surface area contributed by atoms with E-state index in [0.29, 0.717) is 30.2 Å². The summed E-state index contributed by atoms with van der Waals surface area (Å²) in [4.78, 5) is 6.94. The fourth-order valence-electron chi connectivity index (χ4n) is 2.40. The van der Waals surface area contributed by atoms with Crippen LogP contribution in [0.5, 0.6) is 5.75 Å². The van der Waals surface area contributed by atoms with E-state index in [0.717, 1.165) is 11.8 Å². The number of H-pyrrole nitrogens is 1. The molecule has 1 aromatic carbocycles. The van der Waals surface area contributed by atoms with Crippen molar-refractivity contribution in [3.63, 3.8) is 0 Å². The Morgan fingerprint density at radius 1 is 1.20 bits per heavy atom. The summed E-state index contributed by atoms with van der Waals surface area (Å²) < 4.78 is 38.3. The van der Waals surface area contributed by atoms with E-state index in [9.17, 15) is 8.42 Å². The first kappa shape index (κ1) is 17.2. The lowest BCUT2D eigenvalue weighted by molar-refractivity contribution is 0.172. The zero-order chi connectivity index (χ0) is 17.7. The van der Waals surface area contributed by atoms with E-state index in [1.54, 1.807) is 31.5 Å². The molecular formula is C17H19N3O4S. The fraction of sp³-hybridized carbons (Fsp3) is 0.235. The van der Waals surface area contributed by atoms with Crippen LogP contribution >= 0.6 is 0 Å². The van der Waals surface area contributed by atoms with Crippen LogP contribution in [0, 0.1) is 0 Å². The molecule has 3 aromatic rings. The second-order valence-electron chi connectivity index (χ2n) is 5.38. The summed E-state index contributed by atoms with van der Waals surface area (Å²) in [5.41, 5.74) is 1.10. The zero-order valence-corrected chi connectivity index (χ0v) is 14.5. The molecule has 0 aliphatic carbocycles. The van der Waals surface area contributed by atoms with Gasteiger partial charge in [0.2, 0.25) is 0 Å². The largest absolute Gasteiger partial charge is 0.493 e. The number of nitrogens with zero attached hydrogens (tertiary/aromatic N) is 1. The number of fused-ring (bicyclic) bond motifs is 1. The summed E-state index contributed by atoms with van der Waals surface area (Å²) in [7, 11) is -2.15.